The molecule has 0 amide bonds. The zero-order valence-electron chi connectivity index (χ0n) is 7.32. The maximum atomic E-state index is 4.15. The second kappa shape index (κ2) is 3.35. The van der Waals surface area contributed by atoms with E-state index in [0.717, 1.165) is 0 Å². The van der Waals surface area contributed by atoms with Gasteiger partial charge in [-0.2, -0.15) is 4.80 Å². The van der Waals surface area contributed by atoms with Crippen molar-refractivity contribution in [3.8, 4) is 0 Å². The van der Waals surface area contributed by atoms with E-state index in [0.29, 0.717) is 5.82 Å². The van der Waals surface area contributed by atoms with E-state index in [-0.39, 0.29) is 5.54 Å². The van der Waals surface area contributed by atoms with E-state index in [1.807, 2.05) is 20.8 Å². The molecule has 66 valence electrons. The highest BCUT2D eigenvalue weighted by Crippen LogP contribution is 2.09. The van der Waals surface area contributed by atoms with E-state index >= 15 is 0 Å². The molecule has 1 aromatic rings. The fourth-order valence-electron chi connectivity index (χ4n) is 0.632. The Labute approximate surface area is 79.8 Å². The summed E-state index contributed by atoms with van der Waals surface area (Å²) in [5.74, 6) is 0.613. The first-order valence-electron chi connectivity index (χ1n) is 3.61. The van der Waals surface area contributed by atoms with E-state index in [9.17, 15) is 0 Å². The normalized spacial score (nSPS) is 12.7. The van der Waals surface area contributed by atoms with Gasteiger partial charge in [0.1, 0.15) is 0 Å². The van der Waals surface area contributed by atoms with Crippen molar-refractivity contribution < 1.29 is 0 Å². The molecule has 0 atom stereocenters. The molecule has 1 aromatic heterocycles. The summed E-state index contributed by atoms with van der Waals surface area (Å²) in [5, 5.41) is 11.9. The van der Waals surface area contributed by atoms with Crippen LogP contribution in [0, 0.1) is 0 Å². The molecule has 12 heavy (non-hydrogen) atoms. The van der Waals surface area contributed by atoms with Crippen LogP contribution in [0.4, 0.5) is 0 Å². The summed E-state index contributed by atoms with van der Waals surface area (Å²) in [7, 11) is 0. The Hall–Kier alpha value is -0.710. The maximum absolute atomic E-state index is 4.15. The van der Waals surface area contributed by atoms with Crippen LogP contribution in [-0.4, -0.2) is 20.2 Å². The Morgan fingerprint density at radius 2 is 2.08 bits per heavy atom. The molecule has 0 aromatic carbocycles. The fraction of sp³-hybridized carbons (Fsp3) is 0.571. The van der Waals surface area contributed by atoms with Gasteiger partial charge in [0, 0.05) is 0 Å². The predicted molar refractivity (Wildman–Crippen MR) is 50.8 cm³/mol. The highest BCUT2D eigenvalue weighted by molar-refractivity contribution is 9.11. The van der Waals surface area contributed by atoms with E-state index in [1.54, 1.807) is 15.9 Å². The number of halogens is 1. The minimum Gasteiger partial charge on any atom is -0.159 e. The van der Waals surface area contributed by atoms with Crippen molar-refractivity contribution in [2.45, 2.75) is 26.3 Å². The topological polar surface area (TPSA) is 43.6 Å². The lowest BCUT2D eigenvalue weighted by Crippen LogP contribution is -2.24. The van der Waals surface area contributed by atoms with Crippen LogP contribution in [-0.2, 0) is 5.54 Å². The van der Waals surface area contributed by atoms with Crippen LogP contribution in [0.25, 0.3) is 6.08 Å². The molecule has 0 fully saturated rings. The van der Waals surface area contributed by atoms with Crippen molar-refractivity contribution in [3.05, 3.63) is 10.8 Å². The molecule has 0 aliphatic carbocycles. The Morgan fingerprint density at radius 1 is 1.42 bits per heavy atom. The second-order valence-electron chi connectivity index (χ2n) is 3.40. The average Bonchev–Trinajstić information content (AvgIpc) is 2.35. The van der Waals surface area contributed by atoms with Crippen LogP contribution in [0.2, 0.25) is 0 Å². The quantitative estimate of drug-likeness (QED) is 0.740. The van der Waals surface area contributed by atoms with E-state index in [2.05, 4.69) is 31.3 Å². The molecule has 1 rings (SSSR count). The Bertz CT molecular complexity index is 284. The fourth-order valence-corrected chi connectivity index (χ4v) is 0.869. The number of nitrogens with zero attached hydrogens (tertiary/aromatic N) is 4. The predicted octanol–water partition coefficient (Wildman–Crippen LogP) is 1.79. The van der Waals surface area contributed by atoms with Crippen LogP contribution >= 0.6 is 15.9 Å². The van der Waals surface area contributed by atoms with Gasteiger partial charge in [-0.1, -0.05) is 15.9 Å². The van der Waals surface area contributed by atoms with Gasteiger partial charge in [0.25, 0.3) is 0 Å². The molecular weight excluding hydrogens is 220 g/mol. The summed E-state index contributed by atoms with van der Waals surface area (Å²) in [4.78, 5) is 3.30. The van der Waals surface area contributed by atoms with Crippen molar-refractivity contribution in [1.29, 1.82) is 0 Å². The standard InChI is InChI=1S/C7H11BrN4/c1-7(2,3)12-10-6(4-5-8)9-11-12/h4-5H,1-3H3/b5-4+. The lowest BCUT2D eigenvalue weighted by atomic mass is 10.1. The van der Waals surface area contributed by atoms with Gasteiger partial charge in [-0.25, -0.2) is 0 Å². The van der Waals surface area contributed by atoms with Crippen molar-refractivity contribution >= 4 is 22.0 Å². The molecule has 0 radical (unpaired) electrons. The lowest BCUT2D eigenvalue weighted by Gasteiger charge is -2.15. The first-order chi connectivity index (χ1) is 5.54. The molecule has 0 aliphatic heterocycles. The smallest absolute Gasteiger partial charge is 0.159 e. The van der Waals surface area contributed by atoms with Crippen LogP contribution in [0.15, 0.2) is 4.99 Å². The Morgan fingerprint density at radius 3 is 2.50 bits per heavy atom. The van der Waals surface area contributed by atoms with E-state index in [1.165, 1.54) is 0 Å². The van der Waals surface area contributed by atoms with Gasteiger partial charge in [0.2, 0.25) is 0 Å². The van der Waals surface area contributed by atoms with Crippen molar-refractivity contribution in [2.24, 2.45) is 0 Å². The molecule has 4 nitrogen and oxygen atoms in total. The average molecular weight is 231 g/mol. The molecule has 0 spiro atoms. The number of tetrazole rings is 1. The molecule has 1 heterocycles. The Balaban J connectivity index is 2.92. The summed E-state index contributed by atoms with van der Waals surface area (Å²) < 4.78 is 0. The first-order valence-corrected chi connectivity index (χ1v) is 4.53. The van der Waals surface area contributed by atoms with E-state index < -0.39 is 0 Å². The molecule has 5 heteroatoms. The third-order valence-corrected chi connectivity index (χ3v) is 1.51. The van der Waals surface area contributed by atoms with Crippen molar-refractivity contribution in [2.75, 3.05) is 0 Å². The number of hydrogen-bond donors (Lipinski definition) is 0. The minimum atomic E-state index is -0.106. The molecule has 0 saturated heterocycles. The van der Waals surface area contributed by atoms with Crippen LogP contribution in [0.5, 0.6) is 0 Å². The maximum Gasteiger partial charge on any atom is 0.198 e. The summed E-state index contributed by atoms with van der Waals surface area (Å²) >= 11 is 3.15. The summed E-state index contributed by atoms with van der Waals surface area (Å²) in [5.41, 5.74) is -0.106. The third-order valence-electron chi connectivity index (χ3n) is 1.24. The molecule has 0 unspecified atom stereocenters. The second-order valence-corrected chi connectivity index (χ2v) is 3.93. The SMILES string of the molecule is CC(C)(C)n1nnc(/C=C/Br)n1. The number of rotatable bonds is 1. The van der Waals surface area contributed by atoms with Crippen molar-refractivity contribution in [3.63, 3.8) is 0 Å². The Kier molecular flexibility index (Phi) is 2.62. The van der Waals surface area contributed by atoms with Gasteiger partial charge in [-0.3, -0.25) is 0 Å². The zero-order chi connectivity index (χ0) is 9.19. The molecule has 0 aliphatic rings. The largest absolute Gasteiger partial charge is 0.198 e. The van der Waals surface area contributed by atoms with Gasteiger partial charge >= 0.3 is 0 Å². The van der Waals surface area contributed by atoms with Gasteiger partial charge in [0.15, 0.2) is 5.82 Å². The third kappa shape index (κ3) is 2.14. The molecule has 0 bridgehead atoms. The van der Waals surface area contributed by atoms with Crippen LogP contribution < -0.4 is 0 Å². The molecule has 0 N–H and O–H groups in total. The lowest BCUT2D eigenvalue weighted by molar-refractivity contribution is 0.306. The van der Waals surface area contributed by atoms with Gasteiger partial charge in [-0.05, 0) is 37.0 Å². The summed E-state index contributed by atoms with van der Waals surface area (Å²) in [6, 6.07) is 0. The van der Waals surface area contributed by atoms with Gasteiger partial charge in [-0.15, -0.1) is 10.2 Å². The zero-order valence-corrected chi connectivity index (χ0v) is 8.91. The van der Waals surface area contributed by atoms with Gasteiger partial charge < -0.3 is 0 Å². The molecule has 0 saturated carbocycles. The first kappa shape index (κ1) is 9.38. The monoisotopic (exact) mass is 230 g/mol. The highest BCUT2D eigenvalue weighted by Gasteiger charge is 2.15. The summed E-state index contributed by atoms with van der Waals surface area (Å²) in [6.45, 7) is 6.07. The van der Waals surface area contributed by atoms with Crippen LogP contribution in [0.3, 0.4) is 0 Å². The number of aromatic nitrogens is 4. The van der Waals surface area contributed by atoms with Crippen LogP contribution in [0.1, 0.15) is 26.6 Å². The summed E-state index contributed by atoms with van der Waals surface area (Å²) in [6.07, 6.45) is 1.75. The van der Waals surface area contributed by atoms with Gasteiger partial charge in [0.05, 0.1) is 5.54 Å². The highest BCUT2D eigenvalue weighted by atomic mass is 79.9. The van der Waals surface area contributed by atoms with Crippen molar-refractivity contribution in [1.82, 2.24) is 20.2 Å². The molecular formula is C7H11BrN4. The minimum absolute atomic E-state index is 0.106. The number of hydrogen-bond acceptors (Lipinski definition) is 3. The van der Waals surface area contributed by atoms with E-state index in [4.69, 9.17) is 0 Å².